The van der Waals surface area contributed by atoms with Crippen LogP contribution in [0.15, 0.2) is 57.8 Å². The molecule has 0 saturated heterocycles. The summed E-state index contributed by atoms with van der Waals surface area (Å²) in [6, 6.07) is 13.9. The van der Waals surface area contributed by atoms with Crippen LogP contribution < -0.4 is 15.1 Å². The van der Waals surface area contributed by atoms with Crippen LogP contribution in [0.4, 0.5) is 0 Å². The molecule has 31 heavy (non-hydrogen) atoms. The second-order valence-corrected chi connectivity index (χ2v) is 6.57. The predicted octanol–water partition coefficient (Wildman–Crippen LogP) is 4.02. The summed E-state index contributed by atoms with van der Waals surface area (Å²) in [7, 11) is 1.49. The quantitative estimate of drug-likeness (QED) is 0.309. The van der Waals surface area contributed by atoms with E-state index in [1.165, 1.54) is 19.3 Å². The summed E-state index contributed by atoms with van der Waals surface area (Å²) in [6.45, 7) is 1.87. The SMILES string of the molecule is CCc1ccc2c(COC(=O)/C=C/c3ccc(OCC#N)c(OC)c3)cc(=O)oc2c1. The van der Waals surface area contributed by atoms with Crippen molar-refractivity contribution in [2.75, 3.05) is 13.7 Å². The maximum absolute atomic E-state index is 12.2. The monoisotopic (exact) mass is 419 g/mol. The molecule has 0 N–H and O–H groups in total. The molecule has 3 aromatic rings. The molecule has 0 aliphatic heterocycles. The Kier molecular flexibility index (Phi) is 7.07. The van der Waals surface area contributed by atoms with Crippen molar-refractivity contribution in [3.63, 3.8) is 0 Å². The van der Waals surface area contributed by atoms with Crippen molar-refractivity contribution in [1.29, 1.82) is 5.26 Å². The maximum Gasteiger partial charge on any atom is 0.336 e. The molecule has 0 aliphatic rings. The normalized spacial score (nSPS) is 10.7. The Bertz CT molecular complexity index is 1220. The number of hydrogen-bond donors (Lipinski definition) is 0. The average molecular weight is 419 g/mol. The van der Waals surface area contributed by atoms with Crippen LogP contribution in [0.25, 0.3) is 17.0 Å². The summed E-state index contributed by atoms with van der Waals surface area (Å²) < 4.78 is 21.1. The van der Waals surface area contributed by atoms with Gasteiger partial charge in [-0.15, -0.1) is 0 Å². The topological polar surface area (TPSA) is 98.8 Å². The Balaban J connectivity index is 1.70. The van der Waals surface area contributed by atoms with Crippen molar-refractivity contribution in [3.05, 3.63) is 75.7 Å². The van der Waals surface area contributed by atoms with Crippen LogP contribution in [0.1, 0.15) is 23.6 Å². The molecule has 158 valence electrons. The molecule has 0 atom stereocenters. The van der Waals surface area contributed by atoms with Gasteiger partial charge in [0.25, 0.3) is 0 Å². The van der Waals surface area contributed by atoms with E-state index in [2.05, 4.69) is 0 Å². The van der Waals surface area contributed by atoms with Gasteiger partial charge in [0.2, 0.25) is 0 Å². The fraction of sp³-hybridized carbons (Fsp3) is 0.208. The summed E-state index contributed by atoms with van der Waals surface area (Å²) in [5.41, 5.74) is 2.30. The molecule has 1 heterocycles. The zero-order valence-corrected chi connectivity index (χ0v) is 17.2. The molecule has 0 fully saturated rings. The lowest BCUT2D eigenvalue weighted by Gasteiger charge is -2.09. The van der Waals surface area contributed by atoms with Gasteiger partial charge in [-0.1, -0.05) is 25.1 Å². The molecule has 0 aliphatic carbocycles. The first-order valence-corrected chi connectivity index (χ1v) is 9.62. The van der Waals surface area contributed by atoms with Crippen molar-refractivity contribution >= 4 is 23.0 Å². The molecule has 0 saturated carbocycles. The number of nitriles is 1. The molecule has 1 aromatic heterocycles. The Hall–Kier alpha value is -4.05. The summed E-state index contributed by atoms with van der Waals surface area (Å²) in [6.07, 6.45) is 3.68. The van der Waals surface area contributed by atoms with Crippen LogP contribution in [0.2, 0.25) is 0 Å². The van der Waals surface area contributed by atoms with Gasteiger partial charge in [0.05, 0.1) is 7.11 Å². The highest BCUT2D eigenvalue weighted by Gasteiger charge is 2.09. The third kappa shape index (κ3) is 5.52. The van der Waals surface area contributed by atoms with E-state index in [-0.39, 0.29) is 13.2 Å². The van der Waals surface area contributed by atoms with Crippen molar-refractivity contribution in [3.8, 4) is 17.6 Å². The molecule has 2 aromatic carbocycles. The van der Waals surface area contributed by atoms with Crippen molar-refractivity contribution < 1.29 is 23.4 Å². The first kappa shape index (κ1) is 21.7. The number of ether oxygens (including phenoxy) is 3. The minimum absolute atomic E-state index is 0.0546. The van der Waals surface area contributed by atoms with E-state index in [0.717, 1.165) is 17.4 Å². The largest absolute Gasteiger partial charge is 0.493 e. The van der Waals surface area contributed by atoms with Gasteiger partial charge in [0.1, 0.15) is 18.3 Å². The number of nitrogens with zero attached hydrogens (tertiary/aromatic N) is 1. The lowest BCUT2D eigenvalue weighted by molar-refractivity contribution is -0.138. The number of benzene rings is 2. The van der Waals surface area contributed by atoms with Gasteiger partial charge in [0.15, 0.2) is 18.1 Å². The highest BCUT2D eigenvalue weighted by Crippen LogP contribution is 2.28. The molecule has 0 spiro atoms. The smallest absolute Gasteiger partial charge is 0.336 e. The Morgan fingerprint density at radius 3 is 2.74 bits per heavy atom. The van der Waals surface area contributed by atoms with Crippen LogP contribution in [0.3, 0.4) is 0 Å². The van der Waals surface area contributed by atoms with Crippen LogP contribution >= 0.6 is 0 Å². The number of carbonyl (C=O) groups excluding carboxylic acids is 1. The van der Waals surface area contributed by atoms with E-state index in [4.69, 9.17) is 23.9 Å². The molecule has 0 amide bonds. The lowest BCUT2D eigenvalue weighted by atomic mass is 10.1. The molecule has 3 rings (SSSR count). The average Bonchev–Trinajstić information content (AvgIpc) is 2.79. The van der Waals surface area contributed by atoms with E-state index in [0.29, 0.717) is 28.2 Å². The molecular formula is C24H21NO6. The van der Waals surface area contributed by atoms with Crippen LogP contribution in [-0.4, -0.2) is 19.7 Å². The number of rotatable bonds is 8. The number of carbonyl (C=O) groups is 1. The molecular weight excluding hydrogens is 398 g/mol. The number of fused-ring (bicyclic) bond motifs is 1. The zero-order chi connectivity index (χ0) is 22.2. The Morgan fingerprint density at radius 1 is 1.16 bits per heavy atom. The van der Waals surface area contributed by atoms with Crippen molar-refractivity contribution in [1.82, 2.24) is 0 Å². The first-order chi connectivity index (χ1) is 15.0. The van der Waals surface area contributed by atoms with Crippen LogP contribution in [0, 0.1) is 11.3 Å². The van der Waals surface area contributed by atoms with Gasteiger partial charge in [-0.05, 0) is 41.8 Å². The molecule has 7 heteroatoms. The third-order valence-corrected chi connectivity index (χ3v) is 4.56. The van der Waals surface area contributed by atoms with Gasteiger partial charge in [-0.3, -0.25) is 0 Å². The standard InChI is InChI=1S/C24H21NO6/c1-3-16-4-7-19-18(14-24(27)31-21(19)12-16)15-30-23(26)9-6-17-5-8-20(29-11-10-25)22(13-17)28-2/h4-9,12-14H,3,11,15H2,1-2H3/b9-6+. The molecule has 7 nitrogen and oxygen atoms in total. The highest BCUT2D eigenvalue weighted by molar-refractivity contribution is 5.87. The van der Waals surface area contributed by atoms with Crippen molar-refractivity contribution in [2.24, 2.45) is 0 Å². The summed E-state index contributed by atoms with van der Waals surface area (Å²) in [4.78, 5) is 24.0. The third-order valence-electron chi connectivity index (χ3n) is 4.56. The second kappa shape index (κ2) is 10.1. The number of methoxy groups -OCH3 is 1. The van der Waals surface area contributed by atoms with E-state index >= 15 is 0 Å². The predicted molar refractivity (Wildman–Crippen MR) is 115 cm³/mol. The molecule has 0 bridgehead atoms. The fourth-order valence-electron chi connectivity index (χ4n) is 2.99. The summed E-state index contributed by atoms with van der Waals surface area (Å²) in [5.74, 6) is 0.319. The minimum atomic E-state index is -0.560. The zero-order valence-electron chi connectivity index (χ0n) is 17.2. The maximum atomic E-state index is 12.2. The van der Waals surface area contributed by atoms with Gasteiger partial charge < -0.3 is 18.6 Å². The van der Waals surface area contributed by atoms with Crippen LogP contribution in [0.5, 0.6) is 11.5 Å². The van der Waals surface area contributed by atoms with E-state index in [1.807, 2.05) is 31.2 Å². The summed E-state index contributed by atoms with van der Waals surface area (Å²) >= 11 is 0. The highest BCUT2D eigenvalue weighted by atomic mass is 16.5. The van der Waals surface area contributed by atoms with E-state index in [9.17, 15) is 9.59 Å². The lowest BCUT2D eigenvalue weighted by Crippen LogP contribution is -2.05. The number of esters is 1. The van der Waals surface area contributed by atoms with E-state index in [1.54, 1.807) is 24.3 Å². The fourth-order valence-corrected chi connectivity index (χ4v) is 2.99. The molecule has 0 unspecified atom stereocenters. The minimum Gasteiger partial charge on any atom is -0.493 e. The Labute approximate surface area is 179 Å². The summed E-state index contributed by atoms with van der Waals surface area (Å²) in [5, 5.41) is 9.35. The van der Waals surface area contributed by atoms with Crippen LogP contribution in [-0.2, 0) is 22.6 Å². The van der Waals surface area contributed by atoms with Gasteiger partial charge >= 0.3 is 11.6 Å². The first-order valence-electron chi connectivity index (χ1n) is 9.62. The van der Waals surface area contributed by atoms with Crippen molar-refractivity contribution in [2.45, 2.75) is 20.0 Å². The number of hydrogen-bond acceptors (Lipinski definition) is 7. The Morgan fingerprint density at radius 2 is 2.00 bits per heavy atom. The van der Waals surface area contributed by atoms with E-state index < -0.39 is 11.6 Å². The van der Waals surface area contributed by atoms with Gasteiger partial charge in [-0.25, -0.2) is 9.59 Å². The van der Waals surface area contributed by atoms with Gasteiger partial charge in [0, 0.05) is 23.1 Å². The molecule has 0 radical (unpaired) electrons. The number of aryl methyl sites for hydroxylation is 1. The second-order valence-electron chi connectivity index (χ2n) is 6.57. The van der Waals surface area contributed by atoms with Gasteiger partial charge in [-0.2, -0.15) is 5.26 Å².